The van der Waals surface area contributed by atoms with Crippen LogP contribution >= 0.6 is 23.2 Å². The molecule has 1 aliphatic heterocycles. The predicted molar refractivity (Wildman–Crippen MR) is 114 cm³/mol. The first-order valence-electron chi connectivity index (χ1n) is 9.07. The molecule has 1 aromatic heterocycles. The summed E-state index contributed by atoms with van der Waals surface area (Å²) in [6.45, 7) is 3.80. The molecule has 0 radical (unpaired) electrons. The molecule has 1 aliphatic rings. The van der Waals surface area contributed by atoms with Crippen LogP contribution in [-0.4, -0.2) is 41.5 Å². The van der Waals surface area contributed by atoms with E-state index in [0.29, 0.717) is 40.8 Å². The monoisotopic (exact) mass is 415 g/mol. The summed E-state index contributed by atoms with van der Waals surface area (Å²) in [7, 11) is 0. The number of carbonyl (C=O) groups excluding carboxylic acids is 1. The zero-order chi connectivity index (χ0) is 19.8. The number of nitrogens with one attached hydrogen (secondary N) is 1. The molecule has 1 amide bonds. The Morgan fingerprint density at radius 3 is 2.68 bits per heavy atom. The van der Waals surface area contributed by atoms with Crippen LogP contribution in [0.4, 0.5) is 5.69 Å². The first-order valence-corrected chi connectivity index (χ1v) is 9.82. The average Bonchev–Trinajstić information content (AvgIpc) is 2.68. The molecular formula is C21H19Cl2N3O2. The fraction of sp³-hybridized carbons (Fsp3) is 0.238. The molecule has 2 aromatic carbocycles. The van der Waals surface area contributed by atoms with Gasteiger partial charge in [-0.15, -0.1) is 0 Å². The van der Waals surface area contributed by atoms with E-state index in [-0.39, 0.29) is 17.5 Å². The Bertz CT molecular complexity index is 1110. The number of rotatable bonds is 2. The van der Waals surface area contributed by atoms with Crippen LogP contribution in [0.1, 0.15) is 17.3 Å². The van der Waals surface area contributed by atoms with Gasteiger partial charge in [0.25, 0.3) is 5.91 Å². The predicted octanol–water partition coefficient (Wildman–Crippen LogP) is 4.19. The highest BCUT2D eigenvalue weighted by molar-refractivity contribution is 6.35. The maximum absolute atomic E-state index is 13.2. The highest BCUT2D eigenvalue weighted by Gasteiger charge is 2.30. The zero-order valence-corrected chi connectivity index (χ0v) is 16.8. The maximum Gasteiger partial charge on any atom is 0.255 e. The molecule has 7 heteroatoms. The minimum absolute atomic E-state index is 0.0469. The number of H-pyrrole nitrogens is 1. The van der Waals surface area contributed by atoms with Crippen molar-refractivity contribution >= 4 is 45.7 Å². The molecule has 0 aliphatic carbocycles. The van der Waals surface area contributed by atoms with Gasteiger partial charge in [-0.25, -0.2) is 0 Å². The molecule has 0 bridgehead atoms. The summed E-state index contributed by atoms with van der Waals surface area (Å²) in [6, 6.07) is 14.1. The van der Waals surface area contributed by atoms with Gasteiger partial charge in [0.1, 0.15) is 0 Å². The number of halogens is 2. The van der Waals surface area contributed by atoms with Crippen molar-refractivity contribution in [2.75, 3.05) is 24.5 Å². The van der Waals surface area contributed by atoms with Crippen LogP contribution in [0.2, 0.25) is 10.0 Å². The molecule has 3 aromatic rings. The lowest BCUT2D eigenvalue weighted by atomic mass is 10.1. The molecule has 1 fully saturated rings. The Kier molecular flexibility index (Phi) is 5.04. The number of hydrogen-bond acceptors (Lipinski definition) is 3. The molecule has 0 saturated carbocycles. The van der Waals surface area contributed by atoms with Crippen molar-refractivity contribution in [1.82, 2.24) is 9.88 Å². The lowest BCUT2D eigenvalue weighted by Crippen LogP contribution is -2.54. The zero-order valence-electron chi connectivity index (χ0n) is 15.3. The summed E-state index contributed by atoms with van der Waals surface area (Å²) in [5.74, 6) is -0.133. The van der Waals surface area contributed by atoms with Gasteiger partial charge < -0.3 is 14.8 Å². The first-order chi connectivity index (χ1) is 13.4. The third-order valence-electron chi connectivity index (χ3n) is 5.12. The average molecular weight is 416 g/mol. The topological polar surface area (TPSA) is 56.4 Å². The van der Waals surface area contributed by atoms with E-state index in [9.17, 15) is 9.59 Å². The van der Waals surface area contributed by atoms with E-state index < -0.39 is 0 Å². The van der Waals surface area contributed by atoms with Crippen LogP contribution in [0, 0.1) is 0 Å². The molecule has 5 nitrogen and oxygen atoms in total. The minimum atomic E-state index is -0.279. The summed E-state index contributed by atoms with van der Waals surface area (Å²) in [6.07, 6.45) is 0. The fourth-order valence-electron chi connectivity index (χ4n) is 3.74. The standard InChI is InChI=1S/C21H19Cl2N3O2/c1-13-12-25(19-10-14(22)6-7-17(19)23)8-9-26(13)21(28)16-11-20(27)24-18-5-3-2-4-15(16)18/h2-7,10-11,13H,8-9,12H2,1H3,(H,24,27). The molecule has 4 rings (SSSR count). The number of hydrogen-bond donors (Lipinski definition) is 1. The number of para-hydroxylation sites is 1. The number of pyridine rings is 1. The van der Waals surface area contributed by atoms with Gasteiger partial charge in [-0.3, -0.25) is 9.59 Å². The van der Waals surface area contributed by atoms with E-state index in [4.69, 9.17) is 23.2 Å². The lowest BCUT2D eigenvalue weighted by molar-refractivity contribution is 0.0676. The Labute approximate surface area is 172 Å². The van der Waals surface area contributed by atoms with Crippen molar-refractivity contribution in [1.29, 1.82) is 0 Å². The van der Waals surface area contributed by atoms with Crippen molar-refractivity contribution in [3.63, 3.8) is 0 Å². The van der Waals surface area contributed by atoms with E-state index in [1.165, 1.54) is 6.07 Å². The largest absolute Gasteiger partial charge is 0.366 e. The summed E-state index contributed by atoms with van der Waals surface area (Å²) in [4.78, 5) is 32.0. The SMILES string of the molecule is CC1CN(c2cc(Cl)ccc2Cl)CCN1C(=O)c1cc(=O)[nH]c2ccccc12. The smallest absolute Gasteiger partial charge is 0.255 e. The van der Waals surface area contributed by atoms with Crippen LogP contribution in [-0.2, 0) is 0 Å². The Balaban J connectivity index is 1.61. The minimum Gasteiger partial charge on any atom is -0.366 e. The Morgan fingerprint density at radius 1 is 1.11 bits per heavy atom. The first kappa shape index (κ1) is 18.8. The summed E-state index contributed by atoms with van der Waals surface area (Å²) in [5.41, 5.74) is 1.68. The fourth-order valence-corrected chi connectivity index (χ4v) is 4.15. The van der Waals surface area contributed by atoms with Gasteiger partial charge in [0.2, 0.25) is 5.56 Å². The maximum atomic E-state index is 13.2. The molecule has 2 heterocycles. The van der Waals surface area contributed by atoms with Crippen molar-refractivity contribution in [3.8, 4) is 0 Å². The molecule has 28 heavy (non-hydrogen) atoms. The number of amides is 1. The van der Waals surface area contributed by atoms with Gasteiger partial charge in [-0.2, -0.15) is 0 Å². The number of aromatic nitrogens is 1. The van der Waals surface area contributed by atoms with Crippen LogP contribution < -0.4 is 10.5 Å². The molecular weight excluding hydrogens is 397 g/mol. The van der Waals surface area contributed by atoms with Gasteiger partial charge in [-0.1, -0.05) is 41.4 Å². The number of carbonyl (C=O) groups is 1. The summed E-state index contributed by atoms with van der Waals surface area (Å²) < 4.78 is 0. The van der Waals surface area contributed by atoms with Gasteiger partial charge in [0, 0.05) is 47.7 Å². The van der Waals surface area contributed by atoms with E-state index in [2.05, 4.69) is 9.88 Å². The van der Waals surface area contributed by atoms with Gasteiger partial charge >= 0.3 is 0 Å². The van der Waals surface area contributed by atoms with Crippen LogP contribution in [0.3, 0.4) is 0 Å². The molecule has 1 N–H and O–H groups in total. The van der Waals surface area contributed by atoms with Crippen LogP contribution in [0.5, 0.6) is 0 Å². The molecule has 0 spiro atoms. The molecule has 1 atom stereocenters. The second-order valence-corrected chi connectivity index (χ2v) is 7.83. The molecule has 1 unspecified atom stereocenters. The van der Waals surface area contributed by atoms with Gasteiger partial charge in [0.15, 0.2) is 0 Å². The number of aromatic amines is 1. The van der Waals surface area contributed by atoms with Crippen LogP contribution in [0.15, 0.2) is 53.3 Å². The van der Waals surface area contributed by atoms with Crippen molar-refractivity contribution < 1.29 is 4.79 Å². The summed E-state index contributed by atoms with van der Waals surface area (Å²) >= 11 is 12.5. The normalized spacial score (nSPS) is 17.2. The van der Waals surface area contributed by atoms with E-state index >= 15 is 0 Å². The Morgan fingerprint density at radius 2 is 1.89 bits per heavy atom. The number of anilines is 1. The number of benzene rings is 2. The molecule has 1 saturated heterocycles. The quantitative estimate of drug-likeness (QED) is 0.682. The highest BCUT2D eigenvalue weighted by Crippen LogP contribution is 2.31. The second-order valence-electron chi connectivity index (χ2n) is 6.98. The van der Waals surface area contributed by atoms with Gasteiger partial charge in [-0.05, 0) is 31.2 Å². The number of fused-ring (bicyclic) bond motifs is 1. The number of piperazine rings is 1. The third kappa shape index (κ3) is 3.48. The third-order valence-corrected chi connectivity index (χ3v) is 5.67. The van der Waals surface area contributed by atoms with Crippen molar-refractivity contribution in [2.24, 2.45) is 0 Å². The molecule has 144 valence electrons. The van der Waals surface area contributed by atoms with Crippen LogP contribution in [0.25, 0.3) is 10.9 Å². The van der Waals surface area contributed by atoms with E-state index in [1.807, 2.05) is 36.1 Å². The lowest BCUT2D eigenvalue weighted by Gasteiger charge is -2.41. The van der Waals surface area contributed by atoms with Gasteiger partial charge in [0.05, 0.1) is 16.3 Å². The second kappa shape index (κ2) is 7.49. The summed E-state index contributed by atoms with van der Waals surface area (Å²) in [5, 5.41) is 2.01. The van der Waals surface area contributed by atoms with E-state index in [1.54, 1.807) is 18.2 Å². The highest BCUT2D eigenvalue weighted by atomic mass is 35.5. The van der Waals surface area contributed by atoms with Crippen molar-refractivity contribution in [3.05, 3.63) is 74.5 Å². The Hall–Kier alpha value is -2.50. The van der Waals surface area contributed by atoms with Crippen molar-refractivity contribution in [2.45, 2.75) is 13.0 Å². The van der Waals surface area contributed by atoms with E-state index in [0.717, 1.165) is 11.1 Å². The number of nitrogens with zero attached hydrogens (tertiary/aromatic N) is 2.